The molecule has 0 aliphatic heterocycles. The van der Waals surface area contributed by atoms with E-state index in [4.69, 9.17) is 4.74 Å². The van der Waals surface area contributed by atoms with E-state index in [1.54, 1.807) is 44.2 Å². The summed E-state index contributed by atoms with van der Waals surface area (Å²) in [5, 5.41) is 14.5. The summed E-state index contributed by atoms with van der Waals surface area (Å²) in [6, 6.07) is 14.4. The molecule has 0 saturated heterocycles. The van der Waals surface area contributed by atoms with Gasteiger partial charge in [-0.25, -0.2) is 18.4 Å². The zero-order valence-electron chi connectivity index (χ0n) is 19.5. The largest absolute Gasteiger partial charge is 0.484 e. The highest BCUT2D eigenvalue weighted by Gasteiger charge is 2.25. The zero-order chi connectivity index (χ0) is 26.1. The summed E-state index contributed by atoms with van der Waals surface area (Å²) >= 11 is 0. The molecule has 0 atom stereocenters. The Morgan fingerprint density at radius 3 is 2.28 bits per heavy atom. The van der Waals surface area contributed by atoms with E-state index >= 15 is 0 Å². The summed E-state index contributed by atoms with van der Waals surface area (Å²) in [5.74, 6) is -0.521. The second kappa shape index (κ2) is 11.9. The number of hydrogen-bond donors (Lipinski definition) is 3. The van der Waals surface area contributed by atoms with E-state index < -0.39 is 26.5 Å². The lowest BCUT2D eigenvalue weighted by Crippen LogP contribution is -2.34. The monoisotopic (exact) mass is 515 g/mol. The molecular weight excluding hydrogens is 490 g/mol. The number of rotatable bonds is 12. The lowest BCUT2D eigenvalue weighted by molar-refractivity contribution is -0.383. The van der Waals surface area contributed by atoms with Gasteiger partial charge in [-0.2, -0.15) is 4.31 Å². The van der Waals surface area contributed by atoms with Crippen LogP contribution in [0, 0.1) is 10.1 Å². The van der Waals surface area contributed by atoms with Gasteiger partial charge in [-0.3, -0.25) is 25.8 Å². The number of sulfonamides is 1. The maximum atomic E-state index is 12.7. The van der Waals surface area contributed by atoms with Gasteiger partial charge in [-0.05, 0) is 36.4 Å². The number of nitrogens with zero attached hydrogens (tertiary/aromatic N) is 4. The van der Waals surface area contributed by atoms with Gasteiger partial charge in [0.2, 0.25) is 21.7 Å². The fraction of sp³-hybridized carbons (Fsp3) is 0.227. The van der Waals surface area contributed by atoms with Gasteiger partial charge in [0.05, 0.1) is 9.82 Å². The van der Waals surface area contributed by atoms with Crippen LogP contribution in [-0.4, -0.2) is 53.2 Å². The number of anilines is 3. The molecule has 0 radical (unpaired) electrons. The molecule has 3 N–H and O–H groups in total. The van der Waals surface area contributed by atoms with Crippen molar-refractivity contribution in [2.75, 3.05) is 30.4 Å². The van der Waals surface area contributed by atoms with Crippen molar-refractivity contribution in [1.82, 2.24) is 19.7 Å². The number of nitrogens with one attached hydrogen (secondary N) is 3. The van der Waals surface area contributed by atoms with Crippen LogP contribution >= 0.6 is 0 Å². The van der Waals surface area contributed by atoms with Crippen LogP contribution in [0.1, 0.15) is 13.8 Å². The molecule has 0 fully saturated rings. The van der Waals surface area contributed by atoms with E-state index in [0.717, 1.165) is 6.33 Å². The van der Waals surface area contributed by atoms with Gasteiger partial charge < -0.3 is 10.1 Å². The Bertz CT molecular complexity index is 1300. The Hall–Kier alpha value is -4.30. The molecule has 3 aromatic rings. The minimum absolute atomic E-state index is 0.0942. The van der Waals surface area contributed by atoms with Gasteiger partial charge in [0, 0.05) is 18.8 Å². The highest BCUT2D eigenvalue weighted by molar-refractivity contribution is 7.89. The summed E-state index contributed by atoms with van der Waals surface area (Å²) in [6.07, 6.45) is 1.07. The Morgan fingerprint density at radius 2 is 1.67 bits per heavy atom. The SMILES string of the molecule is CCN(CC)S(=O)(=O)c1ccc(Nc2ncnc(NNC(=O)COc3ccccc3)c2[N+](=O)[O-])cc1. The summed E-state index contributed by atoms with van der Waals surface area (Å²) in [7, 11) is -3.65. The summed E-state index contributed by atoms with van der Waals surface area (Å²) < 4.78 is 31.9. The van der Waals surface area contributed by atoms with Gasteiger partial charge in [0.15, 0.2) is 6.61 Å². The highest BCUT2D eigenvalue weighted by atomic mass is 32.2. The van der Waals surface area contributed by atoms with Gasteiger partial charge >= 0.3 is 5.69 Å². The molecule has 0 bridgehead atoms. The molecule has 1 heterocycles. The van der Waals surface area contributed by atoms with Crippen LogP contribution in [-0.2, 0) is 14.8 Å². The first kappa shape index (κ1) is 26.3. The standard InChI is InChI=1S/C22H25N7O6S/c1-3-28(4-2)36(33,34)18-12-10-16(11-13-18)25-21-20(29(31)32)22(24-15-23-21)27-26-19(30)14-35-17-8-6-5-7-9-17/h5-13,15H,3-4,14H2,1-2H3,(H,26,30)(H2,23,24,25,27). The van der Waals surface area contributed by atoms with E-state index in [1.165, 1.54) is 28.6 Å². The topological polar surface area (TPSA) is 169 Å². The van der Waals surface area contributed by atoms with Crippen LogP contribution in [0.25, 0.3) is 0 Å². The molecule has 14 heteroatoms. The fourth-order valence-corrected chi connectivity index (χ4v) is 4.58. The number of carbonyl (C=O) groups is 1. The van der Waals surface area contributed by atoms with E-state index in [0.29, 0.717) is 24.5 Å². The second-order valence-electron chi connectivity index (χ2n) is 7.19. The van der Waals surface area contributed by atoms with Crippen molar-refractivity contribution in [1.29, 1.82) is 0 Å². The predicted octanol–water partition coefficient (Wildman–Crippen LogP) is 2.68. The predicted molar refractivity (Wildman–Crippen MR) is 132 cm³/mol. The second-order valence-corrected chi connectivity index (χ2v) is 9.13. The third-order valence-electron chi connectivity index (χ3n) is 4.90. The zero-order valence-corrected chi connectivity index (χ0v) is 20.4. The summed E-state index contributed by atoms with van der Waals surface area (Å²) in [6.45, 7) is 3.82. The van der Waals surface area contributed by atoms with Crippen LogP contribution in [0.15, 0.2) is 65.8 Å². The minimum Gasteiger partial charge on any atom is -0.484 e. The van der Waals surface area contributed by atoms with Crippen LogP contribution in [0.5, 0.6) is 5.75 Å². The molecular formula is C22H25N7O6S. The number of nitro groups is 1. The lowest BCUT2D eigenvalue weighted by Gasteiger charge is -2.18. The third kappa shape index (κ3) is 6.43. The molecule has 0 unspecified atom stereocenters. The molecule has 3 rings (SSSR count). The van der Waals surface area contributed by atoms with E-state index in [9.17, 15) is 23.3 Å². The maximum absolute atomic E-state index is 12.7. The maximum Gasteiger partial charge on any atom is 0.355 e. The van der Waals surface area contributed by atoms with Gasteiger partial charge in [-0.15, -0.1) is 0 Å². The average Bonchev–Trinajstić information content (AvgIpc) is 2.87. The normalized spacial score (nSPS) is 11.1. The van der Waals surface area contributed by atoms with Crippen molar-refractivity contribution < 1.29 is 22.9 Å². The Kier molecular flexibility index (Phi) is 8.70. The number of hydrogen-bond acceptors (Lipinski definition) is 10. The molecule has 1 amide bonds. The molecule has 0 aliphatic rings. The smallest absolute Gasteiger partial charge is 0.355 e. The van der Waals surface area contributed by atoms with Crippen LogP contribution in [0.3, 0.4) is 0 Å². The van der Waals surface area contributed by atoms with E-state index in [2.05, 4.69) is 26.1 Å². The Morgan fingerprint density at radius 1 is 1.03 bits per heavy atom. The Labute approximate surface area is 207 Å². The molecule has 2 aromatic carbocycles. The highest BCUT2D eigenvalue weighted by Crippen LogP contribution is 2.31. The van der Waals surface area contributed by atoms with Gasteiger partial charge in [-0.1, -0.05) is 32.0 Å². The number of carbonyl (C=O) groups excluding carboxylic acids is 1. The number of hydrazine groups is 1. The number of amides is 1. The first-order valence-corrected chi connectivity index (χ1v) is 12.3. The van der Waals surface area contributed by atoms with Crippen LogP contribution < -0.4 is 20.9 Å². The van der Waals surface area contributed by atoms with E-state index in [-0.39, 0.29) is 23.1 Å². The number of aromatic nitrogens is 2. The van der Waals surface area contributed by atoms with Crippen molar-refractivity contribution in [2.45, 2.75) is 18.7 Å². The molecule has 0 saturated carbocycles. The molecule has 36 heavy (non-hydrogen) atoms. The number of para-hydroxylation sites is 1. The minimum atomic E-state index is -3.65. The molecule has 190 valence electrons. The van der Waals surface area contributed by atoms with Crippen molar-refractivity contribution in [2.24, 2.45) is 0 Å². The number of ether oxygens (including phenoxy) is 1. The van der Waals surface area contributed by atoms with Crippen LogP contribution in [0.4, 0.5) is 23.0 Å². The number of benzene rings is 2. The average molecular weight is 516 g/mol. The summed E-state index contributed by atoms with van der Waals surface area (Å²) in [4.78, 5) is 30.9. The van der Waals surface area contributed by atoms with Gasteiger partial charge in [0.1, 0.15) is 12.1 Å². The quantitative estimate of drug-likeness (QED) is 0.241. The molecule has 13 nitrogen and oxygen atoms in total. The fourth-order valence-electron chi connectivity index (χ4n) is 3.12. The first-order chi connectivity index (χ1) is 17.3. The van der Waals surface area contributed by atoms with Crippen molar-refractivity contribution in [3.05, 3.63) is 71.0 Å². The van der Waals surface area contributed by atoms with E-state index in [1.807, 2.05) is 0 Å². The summed E-state index contributed by atoms with van der Waals surface area (Å²) in [5.41, 5.74) is 4.54. The van der Waals surface area contributed by atoms with Crippen molar-refractivity contribution in [3.8, 4) is 5.75 Å². The Balaban J connectivity index is 1.71. The molecule has 0 aliphatic carbocycles. The van der Waals surface area contributed by atoms with Gasteiger partial charge in [0.25, 0.3) is 5.91 Å². The van der Waals surface area contributed by atoms with Crippen molar-refractivity contribution in [3.63, 3.8) is 0 Å². The first-order valence-electron chi connectivity index (χ1n) is 10.9. The molecule has 0 spiro atoms. The molecule has 1 aromatic heterocycles. The third-order valence-corrected chi connectivity index (χ3v) is 6.96. The van der Waals surface area contributed by atoms with Crippen molar-refractivity contribution >= 4 is 38.9 Å². The van der Waals surface area contributed by atoms with Crippen LogP contribution in [0.2, 0.25) is 0 Å². The lowest BCUT2D eigenvalue weighted by atomic mass is 10.3.